The molecule has 0 aliphatic carbocycles. The van der Waals surface area contributed by atoms with Crippen LogP contribution in [0.1, 0.15) is 35.6 Å². The molecule has 0 N–H and O–H groups in total. The van der Waals surface area contributed by atoms with Gasteiger partial charge in [0.15, 0.2) is 21.5 Å². The quantitative estimate of drug-likeness (QED) is 0.630. The smallest absolute Gasteiger partial charge is 0.163 e. The van der Waals surface area contributed by atoms with Gasteiger partial charge in [0.1, 0.15) is 0 Å². The van der Waals surface area contributed by atoms with Crippen molar-refractivity contribution in [3.63, 3.8) is 0 Å². The molecule has 3 nitrogen and oxygen atoms in total. The Balaban J connectivity index is 1.82. The molecule has 150 valence electrons. The minimum atomic E-state index is -3.65. The summed E-state index contributed by atoms with van der Waals surface area (Å²) in [5.74, 6) is -2.08. The largest absolute Gasteiger partial charge is 0.336 e. The van der Waals surface area contributed by atoms with Gasteiger partial charge in [-0.05, 0) is 36.1 Å². The lowest BCUT2D eigenvalue weighted by atomic mass is 10.1. The van der Waals surface area contributed by atoms with E-state index in [1.54, 1.807) is 17.8 Å². The van der Waals surface area contributed by atoms with Crippen molar-refractivity contribution in [1.29, 1.82) is 0 Å². The third kappa shape index (κ3) is 4.41. The van der Waals surface area contributed by atoms with Gasteiger partial charge >= 0.3 is 0 Å². The van der Waals surface area contributed by atoms with Gasteiger partial charge in [-0.2, -0.15) is 0 Å². The van der Waals surface area contributed by atoms with Gasteiger partial charge in [0.2, 0.25) is 0 Å². The summed E-state index contributed by atoms with van der Waals surface area (Å²) >= 11 is 1.63. The van der Waals surface area contributed by atoms with Crippen LogP contribution in [0.25, 0.3) is 0 Å². The topological polar surface area (TPSA) is 37.4 Å². The van der Waals surface area contributed by atoms with Crippen LogP contribution in [-0.4, -0.2) is 15.0 Å². The second kappa shape index (κ2) is 8.25. The van der Waals surface area contributed by atoms with E-state index < -0.39 is 27.2 Å². The number of sulfone groups is 1. The molecule has 0 atom stereocenters. The first-order valence-electron chi connectivity index (χ1n) is 9.06. The van der Waals surface area contributed by atoms with Crippen LogP contribution in [0.5, 0.6) is 0 Å². The Hall–Kier alpha value is -1.86. The zero-order chi connectivity index (χ0) is 20.5. The molecule has 2 aromatic carbocycles. The Morgan fingerprint density at radius 3 is 2.61 bits per heavy atom. The van der Waals surface area contributed by atoms with Crippen molar-refractivity contribution in [3.8, 4) is 0 Å². The van der Waals surface area contributed by atoms with E-state index in [4.69, 9.17) is 0 Å². The minimum Gasteiger partial charge on any atom is -0.336 e. The van der Waals surface area contributed by atoms with Crippen LogP contribution in [0.15, 0.2) is 41.9 Å². The van der Waals surface area contributed by atoms with E-state index in [0.717, 1.165) is 35.0 Å². The van der Waals surface area contributed by atoms with E-state index in [9.17, 15) is 17.2 Å². The zero-order valence-electron chi connectivity index (χ0n) is 16.0. The standard InChI is InChI=1S/C21H23F2NO2S2/c1-4-9-24-15(3)27-11-18-10-16(6-8-19(18)24)12-28(25,26)13-17-7-5-14(2)20(22)21(17)23/h5-8,10H,3-4,9,11-13H2,1-2H3. The predicted octanol–water partition coefficient (Wildman–Crippen LogP) is 5.32. The van der Waals surface area contributed by atoms with Crippen LogP contribution in [0.3, 0.4) is 0 Å². The fourth-order valence-electron chi connectivity index (χ4n) is 3.29. The molecular weight excluding hydrogens is 400 g/mol. The van der Waals surface area contributed by atoms with E-state index >= 15 is 0 Å². The number of fused-ring (bicyclic) bond motifs is 1. The average Bonchev–Trinajstić information content (AvgIpc) is 2.64. The number of anilines is 1. The van der Waals surface area contributed by atoms with Crippen LogP contribution in [0.2, 0.25) is 0 Å². The molecule has 0 amide bonds. The Morgan fingerprint density at radius 1 is 1.14 bits per heavy atom. The van der Waals surface area contributed by atoms with E-state index in [1.165, 1.54) is 19.1 Å². The maximum atomic E-state index is 14.1. The Morgan fingerprint density at radius 2 is 1.89 bits per heavy atom. The van der Waals surface area contributed by atoms with Gasteiger partial charge in [0.05, 0.1) is 16.5 Å². The van der Waals surface area contributed by atoms with Gasteiger partial charge in [0, 0.05) is 23.5 Å². The highest BCUT2D eigenvalue weighted by Crippen LogP contribution is 2.38. The normalized spacial score (nSPS) is 14.3. The molecule has 1 aliphatic rings. The van der Waals surface area contributed by atoms with E-state index in [1.807, 2.05) is 12.1 Å². The summed E-state index contributed by atoms with van der Waals surface area (Å²) in [5, 5.41) is 0.992. The Bertz CT molecular complexity index is 1020. The van der Waals surface area contributed by atoms with Crippen molar-refractivity contribution in [3.05, 3.63) is 75.8 Å². The third-order valence-electron chi connectivity index (χ3n) is 4.69. The van der Waals surface area contributed by atoms with Crippen molar-refractivity contribution in [2.24, 2.45) is 0 Å². The molecule has 0 bridgehead atoms. The number of hydrogen-bond acceptors (Lipinski definition) is 4. The molecule has 0 fully saturated rings. The van der Waals surface area contributed by atoms with Crippen molar-refractivity contribution >= 4 is 27.3 Å². The number of halogens is 2. The van der Waals surface area contributed by atoms with Crippen molar-refractivity contribution in [1.82, 2.24) is 0 Å². The van der Waals surface area contributed by atoms with Gasteiger partial charge in [-0.3, -0.25) is 0 Å². The summed E-state index contributed by atoms with van der Waals surface area (Å²) in [4.78, 5) is 2.15. The molecule has 1 aliphatic heterocycles. The molecule has 0 radical (unpaired) electrons. The molecule has 7 heteroatoms. The lowest BCUT2D eigenvalue weighted by Crippen LogP contribution is -2.25. The van der Waals surface area contributed by atoms with Gasteiger partial charge < -0.3 is 4.90 Å². The van der Waals surface area contributed by atoms with Crippen molar-refractivity contribution < 1.29 is 17.2 Å². The van der Waals surface area contributed by atoms with E-state index in [0.29, 0.717) is 5.56 Å². The van der Waals surface area contributed by atoms with Crippen LogP contribution < -0.4 is 4.90 Å². The number of thioether (sulfide) groups is 1. The molecule has 0 saturated carbocycles. The summed E-state index contributed by atoms with van der Waals surface area (Å²) < 4.78 is 53.0. The number of hydrogen-bond donors (Lipinski definition) is 0. The first-order valence-corrected chi connectivity index (χ1v) is 11.9. The summed E-state index contributed by atoms with van der Waals surface area (Å²) in [6, 6.07) is 8.33. The third-order valence-corrected chi connectivity index (χ3v) is 7.23. The molecule has 2 aromatic rings. The molecule has 1 heterocycles. The predicted molar refractivity (Wildman–Crippen MR) is 112 cm³/mol. The number of nitrogens with zero attached hydrogens (tertiary/aromatic N) is 1. The SMILES string of the molecule is C=C1SCc2cc(CS(=O)(=O)Cc3ccc(C)c(F)c3F)ccc2N1CCC. The van der Waals surface area contributed by atoms with Gasteiger partial charge in [-0.15, -0.1) is 11.8 Å². The highest BCUT2D eigenvalue weighted by molar-refractivity contribution is 8.02. The van der Waals surface area contributed by atoms with Gasteiger partial charge in [0.25, 0.3) is 0 Å². The molecule has 0 aromatic heterocycles. The maximum Gasteiger partial charge on any atom is 0.163 e. The summed E-state index contributed by atoms with van der Waals surface area (Å²) in [6.45, 7) is 8.49. The van der Waals surface area contributed by atoms with E-state index in [2.05, 4.69) is 18.4 Å². The Kier molecular flexibility index (Phi) is 6.15. The highest BCUT2D eigenvalue weighted by atomic mass is 32.2. The monoisotopic (exact) mass is 423 g/mol. The summed E-state index contributed by atoms with van der Waals surface area (Å²) in [5.41, 5.74) is 2.78. The van der Waals surface area contributed by atoms with Gasteiger partial charge in [-0.25, -0.2) is 17.2 Å². The second-order valence-corrected chi connectivity index (χ2v) is 10.1. The fraction of sp³-hybridized carbons (Fsp3) is 0.333. The highest BCUT2D eigenvalue weighted by Gasteiger charge is 2.23. The molecule has 28 heavy (non-hydrogen) atoms. The zero-order valence-corrected chi connectivity index (χ0v) is 17.6. The maximum absolute atomic E-state index is 14.1. The Labute approximate surface area is 169 Å². The van der Waals surface area contributed by atoms with E-state index in [-0.39, 0.29) is 16.9 Å². The molecule has 3 rings (SSSR count). The summed E-state index contributed by atoms with van der Waals surface area (Å²) in [6.07, 6.45) is 0.980. The minimum absolute atomic E-state index is 0.137. The van der Waals surface area contributed by atoms with Crippen LogP contribution in [0, 0.1) is 18.6 Å². The fourth-order valence-corrected chi connectivity index (χ4v) is 5.67. The van der Waals surface area contributed by atoms with Gasteiger partial charge in [-0.1, -0.05) is 37.8 Å². The lowest BCUT2D eigenvalue weighted by molar-refractivity contribution is 0.495. The second-order valence-electron chi connectivity index (χ2n) is 7.00. The first-order chi connectivity index (χ1) is 13.2. The lowest BCUT2D eigenvalue weighted by Gasteiger charge is -2.32. The first kappa shape index (κ1) is 20.9. The average molecular weight is 424 g/mol. The van der Waals surface area contributed by atoms with Crippen LogP contribution in [-0.2, 0) is 27.1 Å². The number of benzene rings is 2. The summed E-state index contributed by atoms with van der Waals surface area (Å²) in [7, 11) is -3.65. The number of rotatable bonds is 6. The van der Waals surface area contributed by atoms with Crippen LogP contribution >= 0.6 is 11.8 Å². The molecule has 0 saturated heterocycles. The van der Waals surface area contributed by atoms with Crippen LogP contribution in [0.4, 0.5) is 14.5 Å². The molecule has 0 unspecified atom stereocenters. The molecule has 0 spiro atoms. The van der Waals surface area contributed by atoms with Crippen molar-refractivity contribution in [2.45, 2.75) is 37.5 Å². The molecular formula is C21H23F2NO2S2. The number of aryl methyl sites for hydroxylation is 1. The van der Waals surface area contributed by atoms with Crippen molar-refractivity contribution in [2.75, 3.05) is 11.4 Å².